The van der Waals surface area contributed by atoms with Crippen molar-refractivity contribution in [2.45, 2.75) is 13.3 Å². The molecule has 0 aliphatic carbocycles. The lowest BCUT2D eigenvalue weighted by atomic mass is 10.0. The maximum absolute atomic E-state index is 12.7. The van der Waals surface area contributed by atoms with Crippen molar-refractivity contribution in [3.05, 3.63) is 33.4 Å². The van der Waals surface area contributed by atoms with Gasteiger partial charge in [0, 0.05) is 11.8 Å². The summed E-state index contributed by atoms with van der Waals surface area (Å²) in [5, 5.41) is 10.5. The smallest absolute Gasteiger partial charge is 0.279 e. The second kappa shape index (κ2) is 4.21. The van der Waals surface area contributed by atoms with Gasteiger partial charge in [0.15, 0.2) is 5.78 Å². The van der Waals surface area contributed by atoms with Crippen molar-refractivity contribution >= 4 is 17.2 Å². The highest BCUT2D eigenvalue weighted by Gasteiger charge is 2.28. The van der Waals surface area contributed by atoms with Gasteiger partial charge < -0.3 is 5.73 Å². The lowest BCUT2D eigenvalue weighted by Crippen LogP contribution is -2.08. The highest BCUT2D eigenvalue weighted by molar-refractivity contribution is 6.01. The predicted octanol–water partition coefficient (Wildman–Crippen LogP) is 2.32. The second-order valence-electron chi connectivity index (χ2n) is 3.08. The molecule has 0 atom stereocenters. The Morgan fingerprint density at radius 3 is 2.44 bits per heavy atom. The molecule has 0 fully saturated rings. The van der Waals surface area contributed by atoms with E-state index in [2.05, 4.69) is 0 Å². The largest absolute Gasteiger partial charge is 0.398 e. The standard InChI is InChI=1S/C9H8F2N2O3/c1-4(14)7-5(12)2-3-6(13(15)16)8(7)9(10)11/h2-3,9H,12H2,1H3. The number of anilines is 1. The Kier molecular flexibility index (Phi) is 3.17. The summed E-state index contributed by atoms with van der Waals surface area (Å²) in [6.07, 6.45) is -3.12. The summed E-state index contributed by atoms with van der Waals surface area (Å²) in [6, 6.07) is 1.93. The van der Waals surface area contributed by atoms with Crippen molar-refractivity contribution in [3.8, 4) is 0 Å². The Balaban J connectivity index is 3.63. The molecule has 0 saturated carbocycles. The van der Waals surface area contributed by atoms with Crippen LogP contribution in [0.3, 0.4) is 0 Å². The number of carbonyl (C=O) groups excluding carboxylic acids is 1. The average Bonchev–Trinajstić information content (AvgIpc) is 2.15. The van der Waals surface area contributed by atoms with Crippen LogP contribution < -0.4 is 5.73 Å². The molecule has 0 bridgehead atoms. The van der Waals surface area contributed by atoms with Crippen molar-refractivity contribution in [2.75, 3.05) is 5.73 Å². The van der Waals surface area contributed by atoms with Gasteiger partial charge in [-0.1, -0.05) is 0 Å². The minimum absolute atomic E-state index is 0.187. The fraction of sp³-hybridized carbons (Fsp3) is 0.222. The zero-order valence-corrected chi connectivity index (χ0v) is 8.24. The molecule has 0 aliphatic rings. The molecule has 0 heterocycles. The summed E-state index contributed by atoms with van der Waals surface area (Å²) in [5.74, 6) is -0.725. The maximum Gasteiger partial charge on any atom is 0.279 e. The zero-order valence-electron chi connectivity index (χ0n) is 8.24. The van der Waals surface area contributed by atoms with E-state index in [4.69, 9.17) is 5.73 Å². The molecule has 16 heavy (non-hydrogen) atoms. The molecule has 0 saturated heterocycles. The van der Waals surface area contributed by atoms with E-state index in [9.17, 15) is 23.7 Å². The molecule has 7 heteroatoms. The van der Waals surface area contributed by atoms with Gasteiger partial charge in [-0.3, -0.25) is 14.9 Å². The fourth-order valence-corrected chi connectivity index (χ4v) is 1.40. The summed E-state index contributed by atoms with van der Waals surface area (Å²) in [4.78, 5) is 20.7. The molecule has 0 spiro atoms. The molecule has 0 aromatic heterocycles. The summed E-state index contributed by atoms with van der Waals surface area (Å²) >= 11 is 0. The van der Waals surface area contributed by atoms with E-state index in [0.29, 0.717) is 0 Å². The topological polar surface area (TPSA) is 86.2 Å². The van der Waals surface area contributed by atoms with Gasteiger partial charge in [0.25, 0.3) is 12.1 Å². The first kappa shape index (κ1) is 12.0. The minimum atomic E-state index is -3.12. The van der Waals surface area contributed by atoms with Gasteiger partial charge in [-0.2, -0.15) is 0 Å². The van der Waals surface area contributed by atoms with E-state index < -0.39 is 33.9 Å². The normalized spacial score (nSPS) is 10.5. The number of benzene rings is 1. The number of nitrogens with two attached hydrogens (primary N) is 1. The molecule has 1 aromatic carbocycles. The van der Waals surface area contributed by atoms with Crippen LogP contribution >= 0.6 is 0 Å². The number of ketones is 1. The van der Waals surface area contributed by atoms with Crippen molar-refractivity contribution in [3.63, 3.8) is 0 Å². The monoisotopic (exact) mass is 230 g/mol. The molecule has 5 nitrogen and oxygen atoms in total. The average molecular weight is 230 g/mol. The van der Waals surface area contributed by atoms with Gasteiger partial charge in [0.05, 0.1) is 10.5 Å². The van der Waals surface area contributed by atoms with E-state index in [0.717, 1.165) is 19.1 Å². The number of nitro groups is 1. The van der Waals surface area contributed by atoms with Crippen LogP contribution in [0.15, 0.2) is 12.1 Å². The van der Waals surface area contributed by atoms with Gasteiger partial charge in [0.1, 0.15) is 5.56 Å². The number of nitrogen functional groups attached to an aromatic ring is 1. The number of Topliss-reactive ketones (excluding diaryl/α,β-unsaturated/α-hetero) is 1. The molecule has 0 radical (unpaired) electrons. The molecule has 1 aromatic rings. The highest BCUT2D eigenvalue weighted by Crippen LogP contribution is 2.35. The maximum atomic E-state index is 12.7. The quantitative estimate of drug-likeness (QED) is 0.373. The lowest BCUT2D eigenvalue weighted by Gasteiger charge is -2.09. The fourth-order valence-electron chi connectivity index (χ4n) is 1.40. The molecule has 0 unspecified atom stereocenters. The van der Waals surface area contributed by atoms with Crippen LogP contribution in [0.25, 0.3) is 0 Å². The van der Waals surface area contributed by atoms with Gasteiger partial charge >= 0.3 is 0 Å². The first-order valence-corrected chi connectivity index (χ1v) is 4.22. The minimum Gasteiger partial charge on any atom is -0.398 e. The number of hydrogen-bond donors (Lipinski definition) is 1. The number of alkyl halides is 2. The molecule has 0 amide bonds. The first-order chi connectivity index (χ1) is 7.36. The summed E-state index contributed by atoms with van der Waals surface area (Å²) in [6.45, 7) is 1.03. The lowest BCUT2D eigenvalue weighted by molar-refractivity contribution is -0.386. The van der Waals surface area contributed by atoms with Crippen molar-refractivity contribution < 1.29 is 18.5 Å². The van der Waals surface area contributed by atoms with Crippen LogP contribution in [0.5, 0.6) is 0 Å². The third kappa shape index (κ3) is 1.97. The van der Waals surface area contributed by atoms with Crippen LogP contribution in [0.4, 0.5) is 20.2 Å². The SMILES string of the molecule is CC(=O)c1c(N)ccc([N+](=O)[O-])c1C(F)F. The number of nitrogens with zero attached hydrogens (tertiary/aromatic N) is 1. The van der Waals surface area contributed by atoms with Crippen LogP contribution in [0.2, 0.25) is 0 Å². The summed E-state index contributed by atoms with van der Waals surface area (Å²) in [5.41, 5.74) is 2.97. The Labute approximate surface area is 89.0 Å². The summed E-state index contributed by atoms with van der Waals surface area (Å²) in [7, 11) is 0. The van der Waals surface area contributed by atoms with Crippen molar-refractivity contribution in [1.82, 2.24) is 0 Å². The molecule has 0 aliphatic heterocycles. The third-order valence-electron chi connectivity index (χ3n) is 2.02. The van der Waals surface area contributed by atoms with Crippen LogP contribution in [-0.4, -0.2) is 10.7 Å². The van der Waals surface area contributed by atoms with Gasteiger partial charge in [0.2, 0.25) is 0 Å². The predicted molar refractivity (Wildman–Crippen MR) is 52.5 cm³/mol. The Morgan fingerprint density at radius 2 is 2.06 bits per heavy atom. The number of rotatable bonds is 3. The van der Waals surface area contributed by atoms with Crippen LogP contribution in [0, 0.1) is 10.1 Å². The van der Waals surface area contributed by atoms with Crippen molar-refractivity contribution in [2.24, 2.45) is 0 Å². The number of hydrogen-bond acceptors (Lipinski definition) is 4. The molecular weight excluding hydrogens is 222 g/mol. The van der Waals surface area contributed by atoms with E-state index >= 15 is 0 Å². The molecule has 1 rings (SSSR count). The second-order valence-corrected chi connectivity index (χ2v) is 3.08. The zero-order chi connectivity index (χ0) is 12.5. The number of carbonyl (C=O) groups is 1. The van der Waals surface area contributed by atoms with E-state index in [-0.39, 0.29) is 5.69 Å². The molecule has 2 N–H and O–H groups in total. The Morgan fingerprint density at radius 1 is 1.50 bits per heavy atom. The Bertz CT molecular complexity index is 460. The van der Waals surface area contributed by atoms with Gasteiger partial charge in [-0.25, -0.2) is 8.78 Å². The summed E-state index contributed by atoms with van der Waals surface area (Å²) < 4.78 is 25.4. The van der Waals surface area contributed by atoms with Crippen LogP contribution in [-0.2, 0) is 0 Å². The first-order valence-electron chi connectivity index (χ1n) is 4.22. The van der Waals surface area contributed by atoms with E-state index in [1.807, 2.05) is 0 Å². The molecular formula is C9H8F2N2O3. The van der Waals surface area contributed by atoms with Crippen LogP contribution in [0.1, 0.15) is 29.3 Å². The Hall–Kier alpha value is -2.05. The van der Waals surface area contributed by atoms with E-state index in [1.165, 1.54) is 0 Å². The highest BCUT2D eigenvalue weighted by atomic mass is 19.3. The van der Waals surface area contributed by atoms with Gasteiger partial charge in [-0.05, 0) is 13.0 Å². The third-order valence-corrected chi connectivity index (χ3v) is 2.02. The number of halogens is 2. The number of nitro benzene ring substituents is 1. The van der Waals surface area contributed by atoms with Crippen molar-refractivity contribution in [1.29, 1.82) is 0 Å². The van der Waals surface area contributed by atoms with E-state index in [1.54, 1.807) is 0 Å². The van der Waals surface area contributed by atoms with Gasteiger partial charge in [-0.15, -0.1) is 0 Å². The molecule has 86 valence electrons.